The van der Waals surface area contributed by atoms with Gasteiger partial charge in [-0.1, -0.05) is 12.1 Å². The van der Waals surface area contributed by atoms with Crippen LogP contribution in [0.4, 0.5) is 5.69 Å². The van der Waals surface area contributed by atoms with Crippen molar-refractivity contribution < 1.29 is 4.79 Å². The number of anilines is 1. The molecule has 0 radical (unpaired) electrons. The lowest BCUT2D eigenvalue weighted by molar-refractivity contribution is -0.130. The quantitative estimate of drug-likeness (QED) is 0.617. The van der Waals surface area contributed by atoms with E-state index in [4.69, 9.17) is 0 Å². The zero-order chi connectivity index (χ0) is 19.1. The second kappa shape index (κ2) is 9.62. The fraction of sp³-hybridized carbons (Fsp3) is 0.619. The number of likely N-dealkylation sites (tertiary alicyclic amines) is 1. The third kappa shape index (κ3) is 5.37. The third-order valence-corrected chi connectivity index (χ3v) is 5.53. The van der Waals surface area contributed by atoms with Gasteiger partial charge < -0.3 is 20.4 Å². The molecule has 2 aliphatic rings. The Morgan fingerprint density at radius 1 is 1.11 bits per heavy atom. The average Bonchev–Trinajstić information content (AvgIpc) is 3.26. The predicted octanol–water partition coefficient (Wildman–Crippen LogP) is 2.53. The van der Waals surface area contributed by atoms with Crippen LogP contribution >= 0.6 is 0 Å². The Balaban J connectivity index is 1.53. The number of guanidine groups is 1. The molecule has 0 bridgehead atoms. The highest BCUT2D eigenvalue weighted by Crippen LogP contribution is 2.23. The molecule has 1 aromatic rings. The Bertz CT molecular complexity index is 648. The first-order valence-electron chi connectivity index (χ1n) is 10.3. The first-order valence-corrected chi connectivity index (χ1v) is 10.3. The molecule has 0 aliphatic carbocycles. The molecule has 2 aliphatic heterocycles. The molecule has 3 rings (SSSR count). The van der Waals surface area contributed by atoms with Crippen molar-refractivity contribution in [1.82, 2.24) is 15.5 Å². The van der Waals surface area contributed by atoms with Crippen molar-refractivity contribution in [3.05, 3.63) is 29.8 Å². The average molecular weight is 372 g/mol. The first kappa shape index (κ1) is 19.5. The molecule has 6 nitrogen and oxygen atoms in total. The van der Waals surface area contributed by atoms with E-state index < -0.39 is 0 Å². The molecule has 2 fully saturated rings. The van der Waals surface area contributed by atoms with E-state index in [9.17, 15) is 4.79 Å². The molecule has 0 aromatic heterocycles. The van der Waals surface area contributed by atoms with Gasteiger partial charge in [0.25, 0.3) is 0 Å². The standard InChI is InChI=1S/C21H33N5O/c1-17(18-9-8-10-19(15-18)25-11-6-7-12-25)24-21(22-2)23-16-20(27)26-13-4-3-5-14-26/h8-10,15,17H,3-7,11-14,16H2,1-2H3,(H2,22,23,24). The minimum absolute atomic E-state index is 0.115. The van der Waals surface area contributed by atoms with Gasteiger partial charge in [0.15, 0.2) is 5.96 Å². The van der Waals surface area contributed by atoms with E-state index in [1.165, 1.54) is 30.5 Å². The Hall–Kier alpha value is -2.24. The van der Waals surface area contributed by atoms with Crippen molar-refractivity contribution in [3.8, 4) is 0 Å². The van der Waals surface area contributed by atoms with Crippen LogP contribution < -0.4 is 15.5 Å². The van der Waals surface area contributed by atoms with Crippen LogP contribution in [0.1, 0.15) is 50.6 Å². The minimum atomic E-state index is 0.115. The van der Waals surface area contributed by atoms with Gasteiger partial charge >= 0.3 is 0 Å². The highest BCUT2D eigenvalue weighted by molar-refractivity contribution is 5.86. The first-order chi connectivity index (χ1) is 13.2. The number of carbonyl (C=O) groups is 1. The molecule has 1 atom stereocenters. The van der Waals surface area contributed by atoms with Gasteiger partial charge in [0.1, 0.15) is 0 Å². The number of hydrogen-bond donors (Lipinski definition) is 2. The smallest absolute Gasteiger partial charge is 0.241 e. The summed E-state index contributed by atoms with van der Waals surface area (Å²) in [5, 5.41) is 6.58. The van der Waals surface area contributed by atoms with E-state index in [0.717, 1.165) is 39.0 Å². The number of rotatable bonds is 5. The fourth-order valence-electron chi connectivity index (χ4n) is 3.86. The van der Waals surface area contributed by atoms with Crippen LogP contribution in [0, 0.1) is 0 Å². The molecule has 148 valence electrons. The Labute approximate surface area is 163 Å². The van der Waals surface area contributed by atoms with Gasteiger partial charge in [0.05, 0.1) is 12.6 Å². The summed E-state index contributed by atoms with van der Waals surface area (Å²) in [6.45, 7) is 6.47. The van der Waals surface area contributed by atoms with E-state index in [1.807, 2.05) is 4.90 Å². The summed E-state index contributed by atoms with van der Waals surface area (Å²) in [5.74, 6) is 0.820. The summed E-state index contributed by atoms with van der Waals surface area (Å²) in [5.41, 5.74) is 2.52. The van der Waals surface area contributed by atoms with Crippen LogP contribution in [0.5, 0.6) is 0 Å². The summed E-state index contributed by atoms with van der Waals surface area (Å²) in [6.07, 6.45) is 6.01. The van der Waals surface area contributed by atoms with Crippen molar-refractivity contribution in [2.24, 2.45) is 4.99 Å². The largest absolute Gasteiger partial charge is 0.372 e. The second-order valence-electron chi connectivity index (χ2n) is 7.52. The lowest BCUT2D eigenvalue weighted by atomic mass is 10.1. The highest BCUT2D eigenvalue weighted by Gasteiger charge is 2.17. The molecule has 0 saturated carbocycles. The van der Waals surface area contributed by atoms with Gasteiger partial charge in [-0.3, -0.25) is 9.79 Å². The highest BCUT2D eigenvalue weighted by atomic mass is 16.2. The normalized spacial score (nSPS) is 19.1. The number of amides is 1. The predicted molar refractivity (Wildman–Crippen MR) is 111 cm³/mol. The zero-order valence-electron chi connectivity index (χ0n) is 16.7. The second-order valence-corrected chi connectivity index (χ2v) is 7.52. The topological polar surface area (TPSA) is 60.0 Å². The summed E-state index contributed by atoms with van der Waals surface area (Å²) < 4.78 is 0. The van der Waals surface area contributed by atoms with Gasteiger partial charge in [-0.05, 0) is 56.7 Å². The maximum Gasteiger partial charge on any atom is 0.241 e. The van der Waals surface area contributed by atoms with Crippen LogP contribution in [0.2, 0.25) is 0 Å². The van der Waals surface area contributed by atoms with E-state index in [0.29, 0.717) is 12.5 Å². The van der Waals surface area contributed by atoms with E-state index in [1.54, 1.807) is 7.05 Å². The van der Waals surface area contributed by atoms with Gasteiger partial charge in [-0.2, -0.15) is 0 Å². The van der Waals surface area contributed by atoms with Crippen LogP contribution in [-0.4, -0.2) is 56.5 Å². The number of piperidine rings is 1. The fourth-order valence-corrected chi connectivity index (χ4v) is 3.86. The molecule has 1 amide bonds. The van der Waals surface area contributed by atoms with Crippen LogP contribution in [0.25, 0.3) is 0 Å². The van der Waals surface area contributed by atoms with E-state index in [-0.39, 0.29) is 11.9 Å². The molecule has 2 saturated heterocycles. The number of benzene rings is 1. The van der Waals surface area contributed by atoms with Crippen molar-refractivity contribution in [2.45, 2.75) is 45.1 Å². The van der Waals surface area contributed by atoms with Crippen molar-refractivity contribution in [1.29, 1.82) is 0 Å². The number of hydrogen-bond acceptors (Lipinski definition) is 3. The van der Waals surface area contributed by atoms with E-state index in [2.05, 4.69) is 51.7 Å². The molecule has 6 heteroatoms. The zero-order valence-corrected chi connectivity index (χ0v) is 16.7. The van der Waals surface area contributed by atoms with Crippen molar-refractivity contribution in [3.63, 3.8) is 0 Å². The Morgan fingerprint density at radius 3 is 2.52 bits per heavy atom. The minimum Gasteiger partial charge on any atom is -0.372 e. The molecular formula is C21H33N5O. The Morgan fingerprint density at radius 2 is 1.81 bits per heavy atom. The van der Waals surface area contributed by atoms with Gasteiger partial charge in [0.2, 0.25) is 5.91 Å². The molecular weight excluding hydrogens is 338 g/mol. The Kier molecular flexibility index (Phi) is 6.96. The van der Waals surface area contributed by atoms with Gasteiger partial charge in [-0.15, -0.1) is 0 Å². The molecule has 2 N–H and O–H groups in total. The van der Waals surface area contributed by atoms with E-state index >= 15 is 0 Å². The van der Waals surface area contributed by atoms with Gasteiger partial charge in [0, 0.05) is 38.9 Å². The molecule has 0 spiro atoms. The SMILES string of the molecule is CN=C(NCC(=O)N1CCCCC1)NC(C)c1cccc(N2CCCC2)c1. The summed E-state index contributed by atoms with van der Waals surface area (Å²) in [4.78, 5) is 21.0. The van der Waals surface area contributed by atoms with Crippen LogP contribution in [-0.2, 0) is 4.79 Å². The number of nitrogens with one attached hydrogen (secondary N) is 2. The summed E-state index contributed by atoms with van der Waals surface area (Å²) in [6, 6.07) is 8.82. The monoisotopic (exact) mass is 371 g/mol. The lowest BCUT2D eigenvalue weighted by Crippen LogP contribution is -2.46. The molecule has 1 unspecified atom stereocenters. The molecule has 1 aromatic carbocycles. The van der Waals surface area contributed by atoms with Crippen LogP contribution in [0.15, 0.2) is 29.3 Å². The van der Waals surface area contributed by atoms with Gasteiger partial charge in [-0.25, -0.2) is 0 Å². The molecule has 27 heavy (non-hydrogen) atoms. The van der Waals surface area contributed by atoms with Crippen molar-refractivity contribution in [2.75, 3.05) is 44.7 Å². The number of aliphatic imine (C=N–C) groups is 1. The maximum absolute atomic E-state index is 12.3. The van der Waals surface area contributed by atoms with Crippen LogP contribution in [0.3, 0.4) is 0 Å². The number of nitrogens with zero attached hydrogens (tertiary/aromatic N) is 3. The lowest BCUT2D eigenvalue weighted by Gasteiger charge is -2.27. The third-order valence-electron chi connectivity index (χ3n) is 5.53. The maximum atomic E-state index is 12.3. The summed E-state index contributed by atoms with van der Waals surface area (Å²) in [7, 11) is 1.74. The van der Waals surface area contributed by atoms with Crippen molar-refractivity contribution >= 4 is 17.6 Å². The summed E-state index contributed by atoms with van der Waals surface area (Å²) >= 11 is 0. The molecule has 2 heterocycles. The number of carbonyl (C=O) groups excluding carboxylic acids is 1.